The maximum Gasteiger partial charge on any atom is 0.0229 e. The Kier molecular flexibility index (Phi) is 3.19. The van der Waals surface area contributed by atoms with Gasteiger partial charge in [-0.05, 0) is 68.2 Å². The third-order valence-electron chi connectivity index (χ3n) is 5.37. The van der Waals surface area contributed by atoms with Crippen LogP contribution < -0.4 is 5.32 Å². The van der Waals surface area contributed by atoms with Crippen molar-refractivity contribution in [3.8, 4) is 0 Å². The average Bonchev–Trinajstić information content (AvgIpc) is 2.75. The average molecular weight is 242 g/mol. The Morgan fingerprint density at radius 2 is 2.06 bits per heavy atom. The van der Waals surface area contributed by atoms with Crippen molar-refractivity contribution in [3.05, 3.63) is 0 Å². The highest BCUT2D eigenvalue weighted by Gasteiger charge is 2.42. The van der Waals surface area contributed by atoms with Gasteiger partial charge in [0, 0.05) is 12.4 Å². The smallest absolute Gasteiger partial charge is 0.0229 e. The van der Waals surface area contributed by atoms with E-state index >= 15 is 0 Å². The number of halogens is 1. The molecule has 3 saturated carbocycles. The summed E-state index contributed by atoms with van der Waals surface area (Å²) in [5.41, 5.74) is 0.610. The quantitative estimate of drug-likeness (QED) is 0.703. The fourth-order valence-corrected chi connectivity index (χ4v) is 4.44. The van der Waals surface area contributed by atoms with Crippen LogP contribution >= 0.6 is 11.6 Å². The van der Waals surface area contributed by atoms with E-state index in [1.807, 2.05) is 0 Å². The summed E-state index contributed by atoms with van der Waals surface area (Å²) in [4.78, 5) is 0. The molecule has 1 N–H and O–H groups in total. The van der Waals surface area contributed by atoms with Crippen molar-refractivity contribution in [1.29, 1.82) is 0 Å². The number of alkyl halides is 1. The monoisotopic (exact) mass is 241 g/mol. The lowest BCUT2D eigenvalue weighted by molar-refractivity contribution is 0.306. The van der Waals surface area contributed by atoms with Crippen molar-refractivity contribution in [1.82, 2.24) is 5.32 Å². The fraction of sp³-hybridized carbons (Fsp3) is 1.00. The highest BCUT2D eigenvalue weighted by molar-refractivity contribution is 6.17. The van der Waals surface area contributed by atoms with Crippen LogP contribution in [0.2, 0.25) is 0 Å². The van der Waals surface area contributed by atoms with Gasteiger partial charge in [0.25, 0.3) is 0 Å². The van der Waals surface area contributed by atoms with Gasteiger partial charge in [-0.15, -0.1) is 11.6 Å². The Hall–Kier alpha value is 0.250. The number of fused-ring (bicyclic) bond motifs is 2. The van der Waals surface area contributed by atoms with Gasteiger partial charge in [-0.25, -0.2) is 0 Å². The predicted molar refractivity (Wildman–Crippen MR) is 68.8 cm³/mol. The van der Waals surface area contributed by atoms with Crippen LogP contribution in [0.5, 0.6) is 0 Å². The van der Waals surface area contributed by atoms with Crippen LogP contribution in [-0.2, 0) is 0 Å². The SMILES string of the molecule is ClCCC1(CNCC2CC3CCC2C3)CC1. The lowest BCUT2D eigenvalue weighted by Crippen LogP contribution is -2.31. The van der Waals surface area contributed by atoms with Gasteiger partial charge < -0.3 is 5.32 Å². The molecule has 92 valence electrons. The predicted octanol–water partition coefficient (Wildman–Crippen LogP) is 3.42. The molecule has 16 heavy (non-hydrogen) atoms. The molecule has 3 unspecified atom stereocenters. The largest absolute Gasteiger partial charge is 0.316 e. The fourth-order valence-electron chi connectivity index (χ4n) is 4.04. The lowest BCUT2D eigenvalue weighted by Gasteiger charge is -2.23. The normalized spacial score (nSPS) is 39.2. The molecule has 3 fully saturated rings. The Balaban J connectivity index is 1.38. The number of hydrogen-bond acceptors (Lipinski definition) is 1. The zero-order valence-corrected chi connectivity index (χ0v) is 10.9. The molecule has 3 atom stereocenters. The molecule has 0 saturated heterocycles. The molecule has 0 radical (unpaired) electrons. The van der Waals surface area contributed by atoms with Crippen LogP contribution in [0.3, 0.4) is 0 Å². The van der Waals surface area contributed by atoms with Gasteiger partial charge in [-0.3, -0.25) is 0 Å². The van der Waals surface area contributed by atoms with E-state index < -0.39 is 0 Å². The molecule has 0 aromatic rings. The summed E-state index contributed by atoms with van der Waals surface area (Å²) >= 11 is 5.86. The first-order valence-electron chi connectivity index (χ1n) is 7.08. The highest BCUT2D eigenvalue weighted by atomic mass is 35.5. The Labute approximate surface area is 104 Å². The van der Waals surface area contributed by atoms with E-state index in [0.29, 0.717) is 5.41 Å². The Bertz CT molecular complexity index is 249. The van der Waals surface area contributed by atoms with Gasteiger partial charge in [-0.2, -0.15) is 0 Å². The van der Waals surface area contributed by atoms with Crippen LogP contribution in [0.25, 0.3) is 0 Å². The van der Waals surface area contributed by atoms with E-state index in [1.165, 1.54) is 51.6 Å². The van der Waals surface area contributed by atoms with Crippen LogP contribution in [0, 0.1) is 23.2 Å². The number of hydrogen-bond donors (Lipinski definition) is 1. The first-order chi connectivity index (χ1) is 7.81. The summed E-state index contributed by atoms with van der Waals surface area (Å²) in [7, 11) is 0. The summed E-state index contributed by atoms with van der Waals surface area (Å²) in [6.45, 7) is 2.51. The van der Waals surface area contributed by atoms with Crippen LogP contribution in [0.15, 0.2) is 0 Å². The van der Waals surface area contributed by atoms with Crippen molar-refractivity contribution in [3.63, 3.8) is 0 Å². The number of nitrogens with one attached hydrogen (secondary N) is 1. The van der Waals surface area contributed by atoms with Gasteiger partial charge in [0.05, 0.1) is 0 Å². The van der Waals surface area contributed by atoms with Crippen LogP contribution in [0.4, 0.5) is 0 Å². The summed E-state index contributed by atoms with van der Waals surface area (Å²) in [6.07, 6.45) is 10.1. The van der Waals surface area contributed by atoms with Gasteiger partial charge in [0.2, 0.25) is 0 Å². The molecule has 3 aliphatic rings. The standard InChI is InChI=1S/C14H24ClN/c15-6-5-14(3-4-14)10-16-9-13-8-11-1-2-12(13)7-11/h11-13,16H,1-10H2. The van der Waals surface area contributed by atoms with Crippen molar-refractivity contribution < 1.29 is 0 Å². The minimum absolute atomic E-state index is 0.610. The summed E-state index contributed by atoms with van der Waals surface area (Å²) in [5.74, 6) is 4.01. The molecule has 0 aliphatic heterocycles. The third-order valence-corrected chi connectivity index (χ3v) is 5.56. The maximum absolute atomic E-state index is 5.86. The van der Waals surface area contributed by atoms with E-state index in [0.717, 1.165) is 23.6 Å². The van der Waals surface area contributed by atoms with Crippen LogP contribution in [-0.4, -0.2) is 19.0 Å². The van der Waals surface area contributed by atoms with Crippen molar-refractivity contribution in [2.75, 3.05) is 19.0 Å². The second-order valence-corrected chi connectivity index (χ2v) is 6.88. The first-order valence-corrected chi connectivity index (χ1v) is 7.61. The van der Waals surface area contributed by atoms with E-state index in [2.05, 4.69) is 5.32 Å². The molecule has 0 aromatic heterocycles. The van der Waals surface area contributed by atoms with Crippen molar-refractivity contribution in [2.45, 2.75) is 44.9 Å². The van der Waals surface area contributed by atoms with Crippen LogP contribution in [0.1, 0.15) is 44.9 Å². The molecule has 0 heterocycles. The van der Waals surface area contributed by atoms with Gasteiger partial charge in [-0.1, -0.05) is 6.42 Å². The second-order valence-electron chi connectivity index (χ2n) is 6.50. The van der Waals surface area contributed by atoms with E-state index in [9.17, 15) is 0 Å². The first kappa shape index (κ1) is 11.3. The van der Waals surface area contributed by atoms with E-state index in [4.69, 9.17) is 11.6 Å². The molecule has 0 spiro atoms. The zero-order chi connectivity index (χ0) is 11.0. The molecule has 2 bridgehead atoms. The highest BCUT2D eigenvalue weighted by Crippen LogP contribution is 2.49. The minimum Gasteiger partial charge on any atom is -0.316 e. The maximum atomic E-state index is 5.86. The molecule has 3 rings (SSSR count). The summed E-state index contributed by atoms with van der Waals surface area (Å²) < 4.78 is 0. The number of rotatable bonds is 6. The Morgan fingerprint density at radius 1 is 1.19 bits per heavy atom. The van der Waals surface area contributed by atoms with Gasteiger partial charge in [0.15, 0.2) is 0 Å². The molecule has 1 nitrogen and oxygen atoms in total. The Morgan fingerprint density at radius 3 is 2.62 bits per heavy atom. The zero-order valence-electron chi connectivity index (χ0n) is 10.2. The molecule has 2 heteroatoms. The van der Waals surface area contributed by atoms with E-state index in [1.54, 1.807) is 6.42 Å². The topological polar surface area (TPSA) is 12.0 Å². The molecule has 3 aliphatic carbocycles. The van der Waals surface area contributed by atoms with E-state index in [-0.39, 0.29) is 0 Å². The molecule has 0 amide bonds. The summed E-state index contributed by atoms with van der Waals surface area (Å²) in [5, 5.41) is 3.74. The lowest BCUT2D eigenvalue weighted by atomic mass is 9.88. The second kappa shape index (κ2) is 4.49. The van der Waals surface area contributed by atoms with Crippen molar-refractivity contribution in [2.24, 2.45) is 23.2 Å². The molecule has 0 aromatic carbocycles. The molecular formula is C14H24ClN. The summed E-state index contributed by atoms with van der Waals surface area (Å²) in [6, 6.07) is 0. The third kappa shape index (κ3) is 2.26. The van der Waals surface area contributed by atoms with Crippen molar-refractivity contribution >= 4 is 11.6 Å². The van der Waals surface area contributed by atoms with Gasteiger partial charge >= 0.3 is 0 Å². The van der Waals surface area contributed by atoms with Gasteiger partial charge in [0.1, 0.15) is 0 Å². The minimum atomic E-state index is 0.610. The molecular weight excluding hydrogens is 218 g/mol.